The summed E-state index contributed by atoms with van der Waals surface area (Å²) in [7, 11) is 0. The SMILES string of the molecule is N#Cc1cc(CO)cc(-c2cc(-c3ccc(F)cn3)ncn2)c1. The van der Waals surface area contributed by atoms with E-state index in [1.54, 1.807) is 24.3 Å². The molecule has 1 N–H and O–H groups in total. The minimum Gasteiger partial charge on any atom is -0.392 e. The second-order valence-corrected chi connectivity index (χ2v) is 4.84. The van der Waals surface area contributed by atoms with Gasteiger partial charge < -0.3 is 5.11 Å². The molecule has 0 aliphatic heterocycles. The summed E-state index contributed by atoms with van der Waals surface area (Å²) >= 11 is 0. The second kappa shape index (κ2) is 6.30. The van der Waals surface area contributed by atoms with Gasteiger partial charge in [-0.3, -0.25) is 4.98 Å². The van der Waals surface area contributed by atoms with Crippen molar-refractivity contribution in [2.24, 2.45) is 0 Å². The molecule has 0 radical (unpaired) electrons. The molecule has 0 atom stereocenters. The van der Waals surface area contributed by atoms with Crippen LogP contribution in [-0.2, 0) is 6.61 Å². The summed E-state index contributed by atoms with van der Waals surface area (Å²) in [6.07, 6.45) is 2.50. The maximum Gasteiger partial charge on any atom is 0.141 e. The highest BCUT2D eigenvalue weighted by molar-refractivity contribution is 5.67. The van der Waals surface area contributed by atoms with E-state index >= 15 is 0 Å². The predicted molar refractivity (Wildman–Crippen MR) is 81.3 cm³/mol. The van der Waals surface area contributed by atoms with Crippen molar-refractivity contribution < 1.29 is 9.50 Å². The van der Waals surface area contributed by atoms with Crippen molar-refractivity contribution in [1.29, 1.82) is 5.26 Å². The van der Waals surface area contributed by atoms with Crippen LogP contribution in [-0.4, -0.2) is 20.1 Å². The minimum atomic E-state index is -0.419. The molecule has 0 saturated heterocycles. The van der Waals surface area contributed by atoms with Crippen molar-refractivity contribution >= 4 is 0 Å². The molecule has 23 heavy (non-hydrogen) atoms. The van der Waals surface area contributed by atoms with Gasteiger partial charge in [0, 0.05) is 5.56 Å². The number of aliphatic hydroxyl groups excluding tert-OH is 1. The van der Waals surface area contributed by atoms with E-state index in [9.17, 15) is 9.50 Å². The Morgan fingerprint density at radius 1 is 1.00 bits per heavy atom. The zero-order valence-electron chi connectivity index (χ0n) is 11.9. The van der Waals surface area contributed by atoms with E-state index in [0.29, 0.717) is 33.8 Å². The summed E-state index contributed by atoms with van der Waals surface area (Å²) in [6.45, 7) is -0.167. The third-order valence-electron chi connectivity index (χ3n) is 3.26. The number of aliphatic hydroxyl groups is 1. The van der Waals surface area contributed by atoms with Gasteiger partial charge in [0.25, 0.3) is 0 Å². The molecule has 2 heterocycles. The van der Waals surface area contributed by atoms with Gasteiger partial charge in [-0.15, -0.1) is 0 Å². The van der Waals surface area contributed by atoms with Gasteiger partial charge >= 0.3 is 0 Å². The number of benzene rings is 1. The van der Waals surface area contributed by atoms with Crippen molar-refractivity contribution in [3.63, 3.8) is 0 Å². The quantitative estimate of drug-likeness (QED) is 0.804. The number of hydrogen-bond acceptors (Lipinski definition) is 5. The number of hydrogen-bond donors (Lipinski definition) is 1. The highest BCUT2D eigenvalue weighted by Crippen LogP contribution is 2.24. The fraction of sp³-hybridized carbons (Fsp3) is 0.0588. The fourth-order valence-corrected chi connectivity index (χ4v) is 2.18. The highest BCUT2D eigenvalue weighted by atomic mass is 19.1. The van der Waals surface area contributed by atoms with E-state index in [1.807, 2.05) is 0 Å². The van der Waals surface area contributed by atoms with Gasteiger partial charge in [-0.1, -0.05) is 0 Å². The van der Waals surface area contributed by atoms with Crippen LogP contribution in [0.25, 0.3) is 22.6 Å². The molecule has 2 aromatic heterocycles. The first-order valence-corrected chi connectivity index (χ1v) is 6.79. The van der Waals surface area contributed by atoms with Crippen molar-refractivity contribution in [1.82, 2.24) is 15.0 Å². The summed E-state index contributed by atoms with van der Waals surface area (Å²) in [5, 5.41) is 18.4. The van der Waals surface area contributed by atoms with Crippen LogP contribution in [0.15, 0.2) is 48.9 Å². The lowest BCUT2D eigenvalue weighted by Gasteiger charge is -2.06. The molecule has 0 unspecified atom stereocenters. The molecule has 0 aliphatic rings. The van der Waals surface area contributed by atoms with E-state index in [-0.39, 0.29) is 6.61 Å². The Morgan fingerprint density at radius 3 is 2.52 bits per heavy atom. The lowest BCUT2D eigenvalue weighted by Crippen LogP contribution is -1.93. The summed E-state index contributed by atoms with van der Waals surface area (Å²) in [6, 6.07) is 11.7. The lowest BCUT2D eigenvalue weighted by molar-refractivity contribution is 0.282. The Labute approximate surface area is 131 Å². The third-order valence-corrected chi connectivity index (χ3v) is 3.26. The normalized spacial score (nSPS) is 10.3. The lowest BCUT2D eigenvalue weighted by atomic mass is 10.0. The van der Waals surface area contributed by atoms with Crippen LogP contribution >= 0.6 is 0 Å². The van der Waals surface area contributed by atoms with Crippen LogP contribution in [0.2, 0.25) is 0 Å². The molecular weight excluding hydrogens is 295 g/mol. The zero-order chi connectivity index (χ0) is 16.2. The molecule has 112 valence electrons. The maximum absolute atomic E-state index is 13.0. The molecule has 0 aliphatic carbocycles. The Balaban J connectivity index is 2.06. The number of halogens is 1. The Hall–Kier alpha value is -3.17. The molecule has 0 amide bonds. The van der Waals surface area contributed by atoms with Gasteiger partial charge in [0.15, 0.2) is 0 Å². The van der Waals surface area contributed by atoms with Crippen LogP contribution in [0, 0.1) is 17.1 Å². The average molecular weight is 306 g/mol. The highest BCUT2D eigenvalue weighted by Gasteiger charge is 2.08. The Bertz CT molecular complexity index is 888. The van der Waals surface area contributed by atoms with E-state index in [1.165, 1.54) is 18.5 Å². The van der Waals surface area contributed by atoms with Gasteiger partial charge in [0.2, 0.25) is 0 Å². The average Bonchev–Trinajstić information content (AvgIpc) is 2.62. The van der Waals surface area contributed by atoms with E-state index in [0.717, 1.165) is 6.20 Å². The summed E-state index contributed by atoms with van der Waals surface area (Å²) in [4.78, 5) is 12.3. The number of nitriles is 1. The summed E-state index contributed by atoms with van der Waals surface area (Å²) in [5.74, 6) is -0.419. The fourth-order valence-electron chi connectivity index (χ4n) is 2.18. The van der Waals surface area contributed by atoms with Crippen LogP contribution < -0.4 is 0 Å². The summed E-state index contributed by atoms with van der Waals surface area (Å²) < 4.78 is 13.0. The first-order valence-electron chi connectivity index (χ1n) is 6.79. The number of pyridine rings is 1. The third kappa shape index (κ3) is 3.20. The minimum absolute atomic E-state index is 0.167. The first-order chi connectivity index (χ1) is 11.2. The predicted octanol–water partition coefficient (Wildman–Crippen LogP) is 2.71. The van der Waals surface area contributed by atoms with Gasteiger partial charge in [0.1, 0.15) is 12.1 Å². The monoisotopic (exact) mass is 306 g/mol. The van der Waals surface area contributed by atoms with Crippen LogP contribution in [0.4, 0.5) is 4.39 Å². The molecule has 1 aromatic carbocycles. The van der Waals surface area contributed by atoms with Crippen molar-refractivity contribution in [2.75, 3.05) is 0 Å². The molecule has 5 nitrogen and oxygen atoms in total. The van der Waals surface area contributed by atoms with Gasteiger partial charge in [0.05, 0.1) is 41.5 Å². The Morgan fingerprint density at radius 2 is 1.83 bits per heavy atom. The smallest absolute Gasteiger partial charge is 0.141 e. The molecule has 3 rings (SSSR count). The first kappa shape index (κ1) is 14.8. The second-order valence-electron chi connectivity index (χ2n) is 4.84. The number of aromatic nitrogens is 3. The van der Waals surface area contributed by atoms with Gasteiger partial charge in [-0.2, -0.15) is 5.26 Å². The van der Waals surface area contributed by atoms with E-state index < -0.39 is 5.82 Å². The van der Waals surface area contributed by atoms with Crippen molar-refractivity contribution in [3.8, 4) is 28.7 Å². The Kier molecular flexibility index (Phi) is 4.04. The molecule has 0 fully saturated rings. The van der Waals surface area contributed by atoms with Gasteiger partial charge in [-0.05, 0) is 42.0 Å². The molecule has 3 aromatic rings. The van der Waals surface area contributed by atoms with Gasteiger partial charge in [-0.25, -0.2) is 14.4 Å². The van der Waals surface area contributed by atoms with Crippen molar-refractivity contribution in [2.45, 2.75) is 6.61 Å². The molecule has 6 heteroatoms. The molecule has 0 saturated carbocycles. The number of nitrogens with zero attached hydrogens (tertiary/aromatic N) is 4. The standard InChI is InChI=1S/C17H11FN4O/c18-14-1-2-15(20-8-14)17-6-16(21-10-22-17)13-4-11(7-19)3-12(5-13)9-23/h1-6,8,10,23H,9H2. The zero-order valence-corrected chi connectivity index (χ0v) is 11.9. The molecular formula is C17H11FN4O. The molecule has 0 bridgehead atoms. The summed E-state index contributed by atoms with van der Waals surface area (Å²) in [5.41, 5.74) is 3.41. The topological polar surface area (TPSA) is 82.7 Å². The molecule has 0 spiro atoms. The van der Waals surface area contributed by atoms with Crippen LogP contribution in [0.5, 0.6) is 0 Å². The van der Waals surface area contributed by atoms with E-state index in [4.69, 9.17) is 5.26 Å². The largest absolute Gasteiger partial charge is 0.392 e. The maximum atomic E-state index is 13.0. The van der Waals surface area contributed by atoms with Crippen LogP contribution in [0.3, 0.4) is 0 Å². The van der Waals surface area contributed by atoms with Crippen molar-refractivity contribution in [3.05, 3.63) is 65.9 Å². The van der Waals surface area contributed by atoms with E-state index in [2.05, 4.69) is 21.0 Å². The number of rotatable bonds is 3. The van der Waals surface area contributed by atoms with Crippen LogP contribution in [0.1, 0.15) is 11.1 Å².